The van der Waals surface area contributed by atoms with Crippen LogP contribution in [-0.2, 0) is 6.42 Å². The van der Waals surface area contributed by atoms with E-state index in [1.807, 2.05) is 0 Å². The van der Waals surface area contributed by atoms with Crippen LogP contribution in [0, 0.1) is 5.41 Å². The summed E-state index contributed by atoms with van der Waals surface area (Å²) in [5.74, 6) is 0. The average molecular weight is 258 g/mol. The van der Waals surface area contributed by atoms with Crippen LogP contribution in [0.3, 0.4) is 0 Å². The van der Waals surface area contributed by atoms with E-state index in [1.165, 1.54) is 23.1 Å². The summed E-state index contributed by atoms with van der Waals surface area (Å²) in [5, 5.41) is 3.43. The molecule has 3 N–H and O–H groups in total. The summed E-state index contributed by atoms with van der Waals surface area (Å²) in [6.45, 7) is 11.8. The van der Waals surface area contributed by atoms with Crippen molar-refractivity contribution in [3.8, 4) is 0 Å². The average Bonchev–Trinajstić information content (AvgIpc) is 2.35. The molecule has 0 radical (unpaired) electrons. The van der Waals surface area contributed by atoms with Crippen molar-refractivity contribution in [2.24, 2.45) is 11.1 Å². The number of fused-ring (bicyclic) bond motifs is 1. The Morgan fingerprint density at radius 1 is 1.42 bits per heavy atom. The molecular weight excluding hydrogens is 232 g/mol. The van der Waals surface area contributed by atoms with Crippen molar-refractivity contribution >= 4 is 5.70 Å². The Morgan fingerprint density at radius 3 is 2.84 bits per heavy atom. The zero-order valence-electron chi connectivity index (χ0n) is 12.4. The molecule has 0 saturated heterocycles. The SMILES string of the molecule is C=C(NCC(C)(C)C)c1ccc2c(c1)CCCC2N. The van der Waals surface area contributed by atoms with Gasteiger partial charge >= 0.3 is 0 Å². The van der Waals surface area contributed by atoms with Crippen molar-refractivity contribution in [2.75, 3.05) is 6.54 Å². The number of benzene rings is 1. The first-order valence-corrected chi connectivity index (χ1v) is 7.18. The van der Waals surface area contributed by atoms with Crippen molar-refractivity contribution in [1.82, 2.24) is 5.32 Å². The largest absolute Gasteiger partial charge is 0.385 e. The standard InChI is InChI=1S/C17H26N2/c1-12(19-11-17(2,3)4)13-8-9-15-14(10-13)6-5-7-16(15)18/h8-10,16,19H,1,5-7,11,18H2,2-4H3. The summed E-state index contributed by atoms with van der Waals surface area (Å²) in [7, 11) is 0. The van der Waals surface area contributed by atoms with Gasteiger partial charge in [-0.3, -0.25) is 0 Å². The minimum Gasteiger partial charge on any atom is -0.385 e. The molecule has 1 unspecified atom stereocenters. The molecule has 19 heavy (non-hydrogen) atoms. The Balaban J connectivity index is 2.11. The Labute approximate surface area is 117 Å². The second-order valence-corrected chi connectivity index (χ2v) is 6.81. The first-order valence-electron chi connectivity index (χ1n) is 7.18. The molecule has 1 atom stereocenters. The van der Waals surface area contributed by atoms with Gasteiger partial charge in [0.15, 0.2) is 0 Å². The van der Waals surface area contributed by atoms with E-state index in [-0.39, 0.29) is 11.5 Å². The molecule has 1 aliphatic rings. The van der Waals surface area contributed by atoms with Gasteiger partial charge in [-0.15, -0.1) is 0 Å². The van der Waals surface area contributed by atoms with E-state index in [0.717, 1.165) is 25.1 Å². The summed E-state index contributed by atoms with van der Waals surface area (Å²) in [6.07, 6.45) is 3.44. The van der Waals surface area contributed by atoms with E-state index >= 15 is 0 Å². The third-order valence-electron chi connectivity index (χ3n) is 3.68. The van der Waals surface area contributed by atoms with Gasteiger partial charge in [-0.05, 0) is 47.4 Å². The van der Waals surface area contributed by atoms with Gasteiger partial charge in [-0.25, -0.2) is 0 Å². The molecule has 0 heterocycles. The molecule has 1 aliphatic carbocycles. The second kappa shape index (κ2) is 5.38. The van der Waals surface area contributed by atoms with E-state index in [4.69, 9.17) is 5.73 Å². The van der Waals surface area contributed by atoms with Crippen molar-refractivity contribution in [2.45, 2.75) is 46.1 Å². The molecule has 0 amide bonds. The van der Waals surface area contributed by atoms with Crippen molar-refractivity contribution in [3.05, 3.63) is 41.5 Å². The fourth-order valence-electron chi connectivity index (χ4n) is 2.51. The number of aryl methyl sites for hydroxylation is 1. The van der Waals surface area contributed by atoms with Gasteiger partial charge in [0.25, 0.3) is 0 Å². The lowest BCUT2D eigenvalue weighted by atomic mass is 9.87. The monoisotopic (exact) mass is 258 g/mol. The Kier molecular flexibility index (Phi) is 4.00. The van der Waals surface area contributed by atoms with Gasteiger partial charge in [0.1, 0.15) is 0 Å². The highest BCUT2D eigenvalue weighted by Crippen LogP contribution is 2.29. The third kappa shape index (κ3) is 3.60. The minimum absolute atomic E-state index is 0.216. The van der Waals surface area contributed by atoms with Crippen molar-refractivity contribution in [1.29, 1.82) is 0 Å². The van der Waals surface area contributed by atoms with Crippen LogP contribution in [0.2, 0.25) is 0 Å². The van der Waals surface area contributed by atoms with Gasteiger partial charge in [-0.1, -0.05) is 39.5 Å². The molecule has 0 aliphatic heterocycles. The van der Waals surface area contributed by atoms with Crippen LogP contribution in [0.5, 0.6) is 0 Å². The molecule has 0 spiro atoms. The van der Waals surface area contributed by atoms with Crippen molar-refractivity contribution in [3.63, 3.8) is 0 Å². The predicted molar refractivity (Wildman–Crippen MR) is 82.8 cm³/mol. The van der Waals surface area contributed by atoms with Crippen molar-refractivity contribution < 1.29 is 0 Å². The highest BCUT2D eigenvalue weighted by Gasteiger charge is 2.17. The van der Waals surface area contributed by atoms with Gasteiger partial charge < -0.3 is 11.1 Å². The molecule has 0 fully saturated rings. The molecule has 0 aromatic heterocycles. The summed E-state index contributed by atoms with van der Waals surface area (Å²) in [4.78, 5) is 0. The van der Waals surface area contributed by atoms with Crippen LogP contribution in [0.15, 0.2) is 24.8 Å². The molecule has 2 rings (SSSR count). The number of nitrogens with two attached hydrogens (primary N) is 1. The molecule has 2 nitrogen and oxygen atoms in total. The molecular formula is C17H26N2. The molecule has 1 aromatic carbocycles. The van der Waals surface area contributed by atoms with Crippen LogP contribution >= 0.6 is 0 Å². The van der Waals surface area contributed by atoms with Crippen LogP contribution in [0.1, 0.15) is 56.3 Å². The zero-order valence-corrected chi connectivity index (χ0v) is 12.4. The fourth-order valence-corrected chi connectivity index (χ4v) is 2.51. The van der Waals surface area contributed by atoms with Gasteiger partial charge in [0.2, 0.25) is 0 Å². The van der Waals surface area contributed by atoms with Crippen LogP contribution in [0.25, 0.3) is 5.70 Å². The van der Waals surface area contributed by atoms with E-state index in [9.17, 15) is 0 Å². The Hall–Kier alpha value is -1.28. The first kappa shape index (κ1) is 14.1. The first-order chi connectivity index (χ1) is 8.87. The van der Waals surface area contributed by atoms with Gasteiger partial charge in [0.05, 0.1) is 0 Å². The van der Waals surface area contributed by atoms with Gasteiger partial charge in [0, 0.05) is 18.3 Å². The van der Waals surface area contributed by atoms with Gasteiger partial charge in [-0.2, -0.15) is 0 Å². The topological polar surface area (TPSA) is 38.0 Å². The van der Waals surface area contributed by atoms with E-state index < -0.39 is 0 Å². The van der Waals surface area contributed by atoms with Crippen LogP contribution in [0.4, 0.5) is 0 Å². The van der Waals surface area contributed by atoms with Crippen LogP contribution < -0.4 is 11.1 Å². The summed E-state index contributed by atoms with van der Waals surface area (Å²) < 4.78 is 0. The quantitative estimate of drug-likeness (QED) is 0.869. The lowest BCUT2D eigenvalue weighted by Gasteiger charge is -2.24. The zero-order chi connectivity index (χ0) is 14.0. The van der Waals surface area contributed by atoms with E-state index in [2.05, 4.69) is 50.9 Å². The maximum absolute atomic E-state index is 6.15. The highest BCUT2D eigenvalue weighted by atomic mass is 14.9. The molecule has 0 saturated carbocycles. The fraction of sp³-hybridized carbons (Fsp3) is 0.529. The van der Waals surface area contributed by atoms with E-state index in [1.54, 1.807) is 0 Å². The van der Waals surface area contributed by atoms with Crippen LogP contribution in [-0.4, -0.2) is 6.54 Å². The molecule has 0 bridgehead atoms. The second-order valence-electron chi connectivity index (χ2n) is 6.81. The Morgan fingerprint density at radius 2 is 2.16 bits per heavy atom. The third-order valence-corrected chi connectivity index (χ3v) is 3.68. The van der Waals surface area contributed by atoms with E-state index in [0.29, 0.717) is 0 Å². The normalized spacial score (nSPS) is 18.8. The maximum Gasteiger partial charge on any atom is 0.0341 e. The lowest BCUT2D eigenvalue weighted by Crippen LogP contribution is -2.25. The molecule has 1 aromatic rings. The summed E-state index contributed by atoms with van der Waals surface area (Å²) in [5.41, 5.74) is 11.3. The maximum atomic E-state index is 6.15. The lowest BCUT2D eigenvalue weighted by molar-refractivity contribution is 0.406. The number of nitrogens with one attached hydrogen (secondary N) is 1. The number of hydrogen-bond acceptors (Lipinski definition) is 2. The Bertz CT molecular complexity index is 469. The smallest absolute Gasteiger partial charge is 0.0341 e. The number of rotatable bonds is 3. The predicted octanol–water partition coefficient (Wildman–Crippen LogP) is 3.63. The number of hydrogen-bond donors (Lipinski definition) is 2. The summed E-state index contributed by atoms with van der Waals surface area (Å²) >= 11 is 0. The minimum atomic E-state index is 0.216. The molecule has 104 valence electrons. The molecule has 2 heteroatoms. The highest BCUT2D eigenvalue weighted by molar-refractivity contribution is 5.63. The summed E-state index contributed by atoms with van der Waals surface area (Å²) in [6, 6.07) is 6.79.